The number of carbonyl (C=O) groups is 2. The number of aromatic nitrogens is 2. The molecule has 0 aliphatic carbocycles. The van der Waals surface area contributed by atoms with Gasteiger partial charge in [0.1, 0.15) is 6.61 Å². The maximum absolute atomic E-state index is 11.7. The van der Waals surface area contributed by atoms with Crippen LogP contribution in [0.4, 0.5) is 4.79 Å². The van der Waals surface area contributed by atoms with Crippen LogP contribution in [0.3, 0.4) is 0 Å². The number of hydrogen-bond donors (Lipinski definition) is 2. The highest BCUT2D eigenvalue weighted by Crippen LogP contribution is 2.11. The molecule has 2 N–H and O–H groups in total. The molecule has 1 aromatic heterocycles. The standard InChI is InChI=1S/C14H15N3O4/c1-17-8-7-11(16-17)12(13(18)19)15-14(20)21-9-10-5-3-2-4-6-10/h2-8,12H,9H2,1H3,(H,15,20)(H,18,19). The fourth-order valence-corrected chi connectivity index (χ4v) is 1.73. The first-order valence-electron chi connectivity index (χ1n) is 6.26. The molecule has 0 aliphatic heterocycles. The Bertz CT molecular complexity index is 624. The fraction of sp³-hybridized carbons (Fsp3) is 0.214. The second-order valence-corrected chi connectivity index (χ2v) is 4.39. The summed E-state index contributed by atoms with van der Waals surface area (Å²) < 4.78 is 6.45. The van der Waals surface area contributed by atoms with Crippen LogP contribution in [0, 0.1) is 0 Å². The van der Waals surface area contributed by atoms with Gasteiger partial charge in [-0.15, -0.1) is 0 Å². The van der Waals surface area contributed by atoms with Crippen molar-refractivity contribution in [3.8, 4) is 0 Å². The Balaban J connectivity index is 1.94. The van der Waals surface area contributed by atoms with E-state index in [4.69, 9.17) is 9.84 Å². The first kappa shape index (κ1) is 14.6. The molecule has 0 radical (unpaired) electrons. The van der Waals surface area contributed by atoms with Crippen LogP contribution in [0.5, 0.6) is 0 Å². The summed E-state index contributed by atoms with van der Waals surface area (Å²) >= 11 is 0. The average molecular weight is 289 g/mol. The van der Waals surface area contributed by atoms with Gasteiger partial charge in [-0.25, -0.2) is 9.59 Å². The van der Waals surface area contributed by atoms with Crippen LogP contribution < -0.4 is 5.32 Å². The minimum Gasteiger partial charge on any atom is -0.479 e. The molecule has 21 heavy (non-hydrogen) atoms. The van der Waals surface area contributed by atoms with Gasteiger partial charge in [0.15, 0.2) is 6.04 Å². The quantitative estimate of drug-likeness (QED) is 0.869. The van der Waals surface area contributed by atoms with Crippen molar-refractivity contribution in [2.24, 2.45) is 7.05 Å². The van der Waals surface area contributed by atoms with Gasteiger partial charge in [-0.05, 0) is 11.6 Å². The second kappa shape index (κ2) is 6.56. The minimum absolute atomic E-state index is 0.0707. The van der Waals surface area contributed by atoms with Gasteiger partial charge in [-0.2, -0.15) is 5.10 Å². The highest BCUT2D eigenvalue weighted by molar-refractivity contribution is 5.80. The summed E-state index contributed by atoms with van der Waals surface area (Å²) in [5.74, 6) is -1.20. The molecule has 0 saturated carbocycles. The van der Waals surface area contributed by atoms with E-state index in [9.17, 15) is 9.59 Å². The molecule has 1 amide bonds. The Morgan fingerprint density at radius 2 is 2.05 bits per heavy atom. The second-order valence-electron chi connectivity index (χ2n) is 4.39. The molecule has 0 spiro atoms. The molecule has 1 atom stereocenters. The Hall–Kier alpha value is -2.83. The molecular formula is C14H15N3O4. The van der Waals surface area contributed by atoms with Gasteiger partial charge in [0, 0.05) is 13.2 Å². The van der Waals surface area contributed by atoms with Crippen molar-refractivity contribution in [2.75, 3.05) is 0 Å². The summed E-state index contributed by atoms with van der Waals surface area (Å²) in [7, 11) is 1.66. The van der Waals surface area contributed by atoms with Crippen molar-refractivity contribution < 1.29 is 19.4 Å². The molecule has 0 saturated heterocycles. The van der Waals surface area contributed by atoms with Gasteiger partial charge in [-0.3, -0.25) is 4.68 Å². The Kier molecular flexibility index (Phi) is 4.55. The number of nitrogens with zero attached hydrogens (tertiary/aromatic N) is 2. The smallest absolute Gasteiger partial charge is 0.408 e. The van der Waals surface area contributed by atoms with E-state index in [0.29, 0.717) is 0 Å². The molecule has 2 aromatic rings. The maximum Gasteiger partial charge on any atom is 0.408 e. The van der Waals surface area contributed by atoms with Gasteiger partial charge < -0.3 is 15.2 Å². The van der Waals surface area contributed by atoms with E-state index in [-0.39, 0.29) is 12.3 Å². The number of benzene rings is 1. The van der Waals surface area contributed by atoms with E-state index < -0.39 is 18.1 Å². The van der Waals surface area contributed by atoms with E-state index in [0.717, 1.165) is 5.56 Å². The summed E-state index contributed by atoms with van der Waals surface area (Å²) in [5, 5.41) is 15.4. The highest BCUT2D eigenvalue weighted by atomic mass is 16.5. The van der Waals surface area contributed by atoms with Gasteiger partial charge in [0.25, 0.3) is 0 Å². The molecule has 0 aliphatic rings. The largest absolute Gasteiger partial charge is 0.479 e. The molecule has 7 heteroatoms. The van der Waals surface area contributed by atoms with Gasteiger partial charge in [0.05, 0.1) is 5.69 Å². The number of carboxylic acid groups (broad SMARTS) is 1. The number of alkyl carbamates (subject to hydrolysis) is 1. The molecule has 2 rings (SSSR count). The van der Waals surface area contributed by atoms with Crippen molar-refractivity contribution in [3.05, 3.63) is 53.9 Å². The molecule has 7 nitrogen and oxygen atoms in total. The predicted molar refractivity (Wildman–Crippen MR) is 73.3 cm³/mol. The molecule has 1 aromatic carbocycles. The van der Waals surface area contributed by atoms with Gasteiger partial charge in [0.2, 0.25) is 0 Å². The molecular weight excluding hydrogens is 274 g/mol. The van der Waals surface area contributed by atoms with E-state index in [1.54, 1.807) is 25.4 Å². The SMILES string of the molecule is Cn1ccc(C(NC(=O)OCc2ccccc2)C(=O)O)n1. The molecule has 0 fully saturated rings. The summed E-state index contributed by atoms with van der Waals surface area (Å²) in [5.41, 5.74) is 1.05. The van der Waals surface area contributed by atoms with Crippen LogP contribution in [0.25, 0.3) is 0 Å². The maximum atomic E-state index is 11.7. The number of rotatable bonds is 5. The van der Waals surface area contributed by atoms with E-state index >= 15 is 0 Å². The number of ether oxygens (including phenoxy) is 1. The van der Waals surface area contributed by atoms with Crippen LogP contribution in [0.15, 0.2) is 42.6 Å². The third kappa shape index (κ3) is 4.07. The van der Waals surface area contributed by atoms with Crippen LogP contribution in [0.1, 0.15) is 17.3 Å². The van der Waals surface area contributed by atoms with Crippen LogP contribution in [0.2, 0.25) is 0 Å². The number of carbonyl (C=O) groups excluding carboxylic acids is 1. The first-order valence-corrected chi connectivity index (χ1v) is 6.26. The van der Waals surface area contributed by atoms with E-state index in [2.05, 4.69) is 10.4 Å². The third-order valence-electron chi connectivity index (χ3n) is 2.75. The number of aryl methyl sites for hydroxylation is 1. The van der Waals surface area contributed by atoms with E-state index in [1.165, 1.54) is 10.7 Å². The van der Waals surface area contributed by atoms with Gasteiger partial charge in [-0.1, -0.05) is 30.3 Å². The zero-order chi connectivity index (χ0) is 15.2. The predicted octanol–water partition coefficient (Wildman–Crippen LogP) is 1.47. The van der Waals surface area contributed by atoms with Crippen LogP contribution in [-0.4, -0.2) is 26.9 Å². The van der Waals surface area contributed by atoms with Crippen LogP contribution in [-0.2, 0) is 23.2 Å². The monoisotopic (exact) mass is 289 g/mol. The minimum atomic E-state index is -1.24. The summed E-state index contributed by atoms with van der Waals surface area (Å²) in [6.07, 6.45) is 0.791. The average Bonchev–Trinajstić information content (AvgIpc) is 2.89. The van der Waals surface area contributed by atoms with Gasteiger partial charge >= 0.3 is 12.1 Å². The lowest BCUT2D eigenvalue weighted by atomic mass is 10.2. The van der Waals surface area contributed by atoms with E-state index in [1.807, 2.05) is 18.2 Å². The Morgan fingerprint density at radius 1 is 1.33 bits per heavy atom. The molecule has 110 valence electrons. The van der Waals surface area contributed by atoms with Crippen molar-refractivity contribution in [3.63, 3.8) is 0 Å². The zero-order valence-electron chi connectivity index (χ0n) is 11.4. The number of nitrogens with one attached hydrogen (secondary N) is 1. The summed E-state index contributed by atoms with van der Waals surface area (Å²) in [4.78, 5) is 22.9. The lowest BCUT2D eigenvalue weighted by Crippen LogP contribution is -2.34. The fourth-order valence-electron chi connectivity index (χ4n) is 1.73. The Morgan fingerprint density at radius 3 is 2.62 bits per heavy atom. The zero-order valence-corrected chi connectivity index (χ0v) is 11.4. The van der Waals surface area contributed by atoms with Crippen molar-refractivity contribution in [1.82, 2.24) is 15.1 Å². The molecule has 0 bridgehead atoms. The lowest BCUT2D eigenvalue weighted by molar-refractivity contribution is -0.139. The lowest BCUT2D eigenvalue weighted by Gasteiger charge is -2.12. The van der Waals surface area contributed by atoms with Crippen molar-refractivity contribution in [1.29, 1.82) is 0 Å². The number of hydrogen-bond acceptors (Lipinski definition) is 4. The molecule has 1 unspecified atom stereocenters. The molecule has 1 heterocycles. The third-order valence-corrected chi connectivity index (χ3v) is 2.75. The highest BCUT2D eigenvalue weighted by Gasteiger charge is 2.25. The summed E-state index contributed by atoms with van der Waals surface area (Å²) in [6, 6.07) is 9.40. The number of aliphatic carboxylic acids is 1. The topological polar surface area (TPSA) is 93.5 Å². The van der Waals surface area contributed by atoms with Crippen LogP contribution >= 0.6 is 0 Å². The normalized spacial score (nSPS) is 11.7. The Labute approximate surface area is 121 Å². The summed E-state index contributed by atoms with van der Waals surface area (Å²) in [6.45, 7) is 0.0707. The number of carboxylic acids is 1. The van der Waals surface area contributed by atoms with Crippen molar-refractivity contribution >= 4 is 12.1 Å². The van der Waals surface area contributed by atoms with Crippen molar-refractivity contribution in [2.45, 2.75) is 12.6 Å². The number of amides is 1. The first-order chi connectivity index (χ1) is 10.1.